The van der Waals surface area contributed by atoms with Crippen LogP contribution >= 0.6 is 0 Å². The first kappa shape index (κ1) is 14.1. The molecule has 1 aromatic heterocycles. The van der Waals surface area contributed by atoms with E-state index in [9.17, 15) is 4.48 Å². The molecule has 1 aromatic carbocycles. The molecule has 0 aliphatic carbocycles. The van der Waals surface area contributed by atoms with Crippen molar-refractivity contribution in [1.29, 1.82) is 0 Å². The molecule has 1 heterocycles. The second kappa shape index (κ2) is 5.74. The van der Waals surface area contributed by atoms with Crippen LogP contribution in [0.5, 0.6) is 0 Å². The molecule has 0 unspecified atom stereocenters. The molecule has 0 bridgehead atoms. The van der Waals surface area contributed by atoms with Crippen LogP contribution in [-0.2, 0) is 0 Å². The zero-order chi connectivity index (χ0) is 14.7. The SMILES string of the molecule is C=Cc1c(C=C)n(F)c2ccc(/C(C)=C/C=C\C)cc12. The smallest absolute Gasteiger partial charge is 0.0826 e. The van der Waals surface area contributed by atoms with Gasteiger partial charge in [0.15, 0.2) is 0 Å². The minimum absolute atomic E-state index is 0.447. The lowest BCUT2D eigenvalue weighted by Crippen LogP contribution is -1.85. The largest absolute Gasteiger partial charge is 0.179 e. The van der Waals surface area contributed by atoms with Gasteiger partial charge in [0.05, 0.1) is 11.2 Å². The predicted molar refractivity (Wildman–Crippen MR) is 87.1 cm³/mol. The Morgan fingerprint density at radius 2 is 2.00 bits per heavy atom. The summed E-state index contributed by atoms with van der Waals surface area (Å²) in [6.45, 7) is 11.4. The van der Waals surface area contributed by atoms with Crippen molar-refractivity contribution in [3.8, 4) is 0 Å². The van der Waals surface area contributed by atoms with Crippen LogP contribution in [0.25, 0.3) is 28.6 Å². The predicted octanol–water partition coefficient (Wildman–Crippen LogP) is 5.64. The molecule has 0 aliphatic rings. The van der Waals surface area contributed by atoms with Gasteiger partial charge in [-0.2, -0.15) is 4.79 Å². The highest BCUT2D eigenvalue weighted by Gasteiger charge is 2.13. The van der Waals surface area contributed by atoms with Crippen LogP contribution in [0.4, 0.5) is 4.48 Å². The first-order valence-corrected chi connectivity index (χ1v) is 6.53. The molecule has 0 N–H and O–H groups in total. The first-order chi connectivity index (χ1) is 9.63. The van der Waals surface area contributed by atoms with Crippen molar-refractivity contribution in [2.24, 2.45) is 0 Å². The quantitative estimate of drug-likeness (QED) is 0.632. The van der Waals surface area contributed by atoms with Gasteiger partial charge in [0, 0.05) is 10.9 Å². The topological polar surface area (TPSA) is 4.93 Å². The highest BCUT2D eigenvalue weighted by molar-refractivity contribution is 5.95. The van der Waals surface area contributed by atoms with Crippen LogP contribution in [0.2, 0.25) is 0 Å². The number of rotatable bonds is 4. The fourth-order valence-corrected chi connectivity index (χ4v) is 2.28. The summed E-state index contributed by atoms with van der Waals surface area (Å²) < 4.78 is 14.2. The van der Waals surface area contributed by atoms with Gasteiger partial charge in [-0.1, -0.05) is 48.0 Å². The summed E-state index contributed by atoms with van der Waals surface area (Å²) in [7, 11) is 0. The molecule has 2 heteroatoms. The second-order valence-corrected chi connectivity index (χ2v) is 4.60. The Hall–Kier alpha value is -2.35. The number of nitrogens with zero attached hydrogens (tertiary/aromatic N) is 1. The minimum Gasteiger partial charge on any atom is -0.179 e. The summed E-state index contributed by atoms with van der Waals surface area (Å²) in [6, 6.07) is 5.70. The third-order valence-electron chi connectivity index (χ3n) is 3.38. The van der Waals surface area contributed by atoms with Crippen LogP contribution in [-0.4, -0.2) is 4.79 Å². The highest BCUT2D eigenvalue weighted by Crippen LogP contribution is 2.30. The lowest BCUT2D eigenvalue weighted by Gasteiger charge is -2.02. The maximum absolute atomic E-state index is 14.2. The Balaban J connectivity index is 2.71. The number of allylic oxidation sites excluding steroid dienone is 4. The molecule has 2 rings (SSSR count). The molecule has 20 heavy (non-hydrogen) atoms. The Morgan fingerprint density at radius 3 is 2.60 bits per heavy atom. The van der Waals surface area contributed by atoms with E-state index in [1.54, 1.807) is 12.1 Å². The molecule has 0 amide bonds. The van der Waals surface area contributed by atoms with Gasteiger partial charge >= 0.3 is 0 Å². The zero-order valence-corrected chi connectivity index (χ0v) is 11.9. The Bertz CT molecular complexity index is 729. The van der Waals surface area contributed by atoms with E-state index < -0.39 is 0 Å². The number of halogens is 1. The molecule has 0 radical (unpaired) electrons. The molecule has 0 spiro atoms. The van der Waals surface area contributed by atoms with E-state index in [4.69, 9.17) is 0 Å². The van der Waals surface area contributed by atoms with Gasteiger partial charge in [-0.15, -0.1) is 0 Å². The molecular formula is C18H18FN. The third kappa shape index (κ3) is 2.25. The molecule has 0 fully saturated rings. The molecular weight excluding hydrogens is 249 g/mol. The van der Waals surface area contributed by atoms with E-state index in [1.807, 2.05) is 44.2 Å². The Labute approximate surface area is 119 Å². The van der Waals surface area contributed by atoms with Crippen molar-refractivity contribution in [3.05, 3.63) is 66.4 Å². The van der Waals surface area contributed by atoms with E-state index >= 15 is 0 Å². The van der Waals surface area contributed by atoms with Crippen molar-refractivity contribution in [1.82, 2.24) is 4.79 Å². The Kier molecular flexibility index (Phi) is 4.04. The maximum atomic E-state index is 14.2. The first-order valence-electron chi connectivity index (χ1n) is 6.53. The van der Waals surface area contributed by atoms with Gasteiger partial charge in [0.25, 0.3) is 0 Å². The fraction of sp³-hybridized carbons (Fsp3) is 0.111. The van der Waals surface area contributed by atoms with Gasteiger partial charge in [-0.25, -0.2) is 0 Å². The number of fused-ring (bicyclic) bond motifs is 1. The van der Waals surface area contributed by atoms with Crippen molar-refractivity contribution in [3.63, 3.8) is 0 Å². The van der Waals surface area contributed by atoms with Gasteiger partial charge in [-0.3, -0.25) is 0 Å². The normalized spacial score (nSPS) is 12.2. The molecule has 1 nitrogen and oxygen atoms in total. The summed E-state index contributed by atoms with van der Waals surface area (Å²) in [4.78, 5) is 0.661. The standard InChI is InChI=1S/C18H18FN/c1-5-8-9-13(4)14-10-11-18-16(12-14)15(6-2)17(7-3)20(18)19/h5-12H,2-3H2,1,4H3/b8-5-,13-9+. The number of hydrogen-bond acceptors (Lipinski definition) is 0. The molecule has 102 valence electrons. The molecule has 0 saturated carbocycles. The van der Waals surface area contributed by atoms with Crippen LogP contribution in [0.3, 0.4) is 0 Å². The van der Waals surface area contributed by atoms with E-state index in [0.29, 0.717) is 16.0 Å². The highest BCUT2D eigenvalue weighted by atomic mass is 19.2. The van der Waals surface area contributed by atoms with Crippen molar-refractivity contribution < 1.29 is 4.48 Å². The van der Waals surface area contributed by atoms with E-state index in [2.05, 4.69) is 13.2 Å². The number of aromatic nitrogens is 1. The maximum Gasteiger partial charge on any atom is 0.0826 e. The summed E-state index contributed by atoms with van der Waals surface area (Å²) in [5, 5.41) is 0.850. The molecule has 0 atom stereocenters. The summed E-state index contributed by atoms with van der Waals surface area (Å²) in [5.41, 5.74) is 3.96. The van der Waals surface area contributed by atoms with E-state index in [1.165, 1.54) is 6.08 Å². The summed E-state index contributed by atoms with van der Waals surface area (Å²) in [5.74, 6) is 0. The van der Waals surface area contributed by atoms with Crippen molar-refractivity contribution in [2.45, 2.75) is 13.8 Å². The van der Waals surface area contributed by atoms with Crippen LogP contribution in [0.15, 0.2) is 49.6 Å². The van der Waals surface area contributed by atoms with Crippen molar-refractivity contribution >= 4 is 28.6 Å². The van der Waals surface area contributed by atoms with Gasteiger partial charge < -0.3 is 0 Å². The third-order valence-corrected chi connectivity index (χ3v) is 3.38. The number of benzene rings is 1. The fourth-order valence-electron chi connectivity index (χ4n) is 2.28. The molecule has 2 aromatic rings. The van der Waals surface area contributed by atoms with E-state index in [-0.39, 0.29) is 0 Å². The lowest BCUT2D eigenvalue weighted by atomic mass is 10.0. The van der Waals surface area contributed by atoms with Gasteiger partial charge in [0.1, 0.15) is 0 Å². The summed E-state index contributed by atoms with van der Waals surface area (Å²) in [6.07, 6.45) is 9.19. The Morgan fingerprint density at radius 1 is 1.25 bits per heavy atom. The van der Waals surface area contributed by atoms with Crippen LogP contribution in [0, 0.1) is 0 Å². The average molecular weight is 267 g/mol. The monoisotopic (exact) mass is 267 g/mol. The molecule has 0 aliphatic heterocycles. The van der Waals surface area contributed by atoms with Gasteiger partial charge in [-0.05, 0) is 43.2 Å². The molecule has 0 saturated heterocycles. The van der Waals surface area contributed by atoms with E-state index in [0.717, 1.165) is 22.1 Å². The van der Waals surface area contributed by atoms with Crippen molar-refractivity contribution in [2.75, 3.05) is 0 Å². The zero-order valence-electron chi connectivity index (χ0n) is 11.9. The minimum atomic E-state index is 0.447. The second-order valence-electron chi connectivity index (χ2n) is 4.60. The lowest BCUT2D eigenvalue weighted by molar-refractivity contribution is 0.384. The van der Waals surface area contributed by atoms with Gasteiger partial charge in [0.2, 0.25) is 0 Å². The van der Waals surface area contributed by atoms with Crippen LogP contribution < -0.4 is 0 Å². The van der Waals surface area contributed by atoms with Crippen LogP contribution in [0.1, 0.15) is 30.7 Å². The summed E-state index contributed by atoms with van der Waals surface area (Å²) >= 11 is 0. The number of hydrogen-bond donors (Lipinski definition) is 0. The average Bonchev–Trinajstić information content (AvgIpc) is 2.75.